The number of nitrogens with zero attached hydrogens (tertiary/aromatic N) is 2. The summed E-state index contributed by atoms with van der Waals surface area (Å²) in [4.78, 5) is 40.7. The van der Waals surface area contributed by atoms with Gasteiger partial charge in [0.25, 0.3) is 0 Å². The molecule has 1 spiro atoms. The molecule has 3 rings (SSSR count). The number of benzene rings is 1. The number of hydrogen-bond acceptors (Lipinski definition) is 8. The zero-order valence-corrected chi connectivity index (χ0v) is 17.6. The first-order chi connectivity index (χ1) is 14.9. The summed E-state index contributed by atoms with van der Waals surface area (Å²) in [7, 11) is 0. The molecule has 0 aromatic heterocycles. The summed E-state index contributed by atoms with van der Waals surface area (Å²) in [5, 5.41) is 9.97. The molecule has 1 atom stereocenters. The van der Waals surface area contributed by atoms with E-state index in [-0.39, 0.29) is 36.0 Å². The number of rotatable bonds is 6. The van der Waals surface area contributed by atoms with Gasteiger partial charge in [-0.15, -0.1) is 0 Å². The van der Waals surface area contributed by atoms with E-state index >= 15 is 0 Å². The minimum atomic E-state index is -1.88. The highest BCUT2D eigenvalue weighted by molar-refractivity contribution is 6.18. The molecule has 1 amide bonds. The molecule has 2 aliphatic rings. The Morgan fingerprint density at radius 2 is 1.87 bits per heavy atom. The number of carbonyl (C=O) groups excluding carboxylic acids is 3. The first-order valence-electron chi connectivity index (χ1n) is 9.94. The average molecular weight is 425 g/mol. The van der Waals surface area contributed by atoms with Gasteiger partial charge in [0.2, 0.25) is 11.8 Å². The molecular weight excluding hydrogens is 402 g/mol. The fourth-order valence-electron chi connectivity index (χ4n) is 4.08. The predicted molar refractivity (Wildman–Crippen MR) is 109 cm³/mol. The van der Waals surface area contributed by atoms with Gasteiger partial charge in [-0.3, -0.25) is 9.59 Å². The van der Waals surface area contributed by atoms with Crippen molar-refractivity contribution in [3.8, 4) is 6.07 Å². The number of amides is 1. The first kappa shape index (κ1) is 21.9. The smallest absolute Gasteiger partial charge is 0.339 e. The second-order valence-corrected chi connectivity index (χ2v) is 6.77. The summed E-state index contributed by atoms with van der Waals surface area (Å²) in [5.41, 5.74) is 4.65. The highest BCUT2D eigenvalue weighted by Gasteiger charge is 2.62. The van der Waals surface area contributed by atoms with Crippen LogP contribution in [0.3, 0.4) is 0 Å². The van der Waals surface area contributed by atoms with Crippen LogP contribution >= 0.6 is 0 Å². The standard InChI is InChI=1S/C22H23N3O6/c1-4-25-15-10-8-7-9-13(15)22(21(25)28)14(12-23)19(24)31-16(11-17(26)29-5-2)18(22)20(27)30-6-3/h7-10H,4-6,11,24H2,1-3H3/t22-/m0/s1. The second kappa shape index (κ2) is 8.52. The average Bonchev–Trinajstić information content (AvgIpc) is 2.97. The van der Waals surface area contributed by atoms with Gasteiger partial charge in [0.15, 0.2) is 5.41 Å². The first-order valence-corrected chi connectivity index (χ1v) is 9.94. The molecular formula is C22H23N3O6. The van der Waals surface area contributed by atoms with Gasteiger partial charge in [-0.2, -0.15) is 5.26 Å². The minimum Gasteiger partial charge on any atom is -0.466 e. The largest absolute Gasteiger partial charge is 0.466 e. The van der Waals surface area contributed by atoms with Crippen molar-refractivity contribution < 1.29 is 28.6 Å². The van der Waals surface area contributed by atoms with Crippen LogP contribution in [0.5, 0.6) is 0 Å². The van der Waals surface area contributed by atoms with Crippen LogP contribution in [-0.2, 0) is 34.0 Å². The number of hydrogen-bond donors (Lipinski definition) is 1. The molecule has 0 radical (unpaired) electrons. The number of carbonyl (C=O) groups is 3. The van der Waals surface area contributed by atoms with Crippen molar-refractivity contribution in [2.45, 2.75) is 32.6 Å². The summed E-state index contributed by atoms with van der Waals surface area (Å²) in [5.74, 6) is -2.61. The monoisotopic (exact) mass is 425 g/mol. The lowest BCUT2D eigenvalue weighted by Gasteiger charge is -2.35. The molecule has 0 saturated carbocycles. The molecule has 0 aliphatic carbocycles. The summed E-state index contributed by atoms with van der Waals surface area (Å²) in [6, 6.07) is 8.77. The van der Waals surface area contributed by atoms with Gasteiger partial charge in [0.1, 0.15) is 29.4 Å². The predicted octanol–water partition coefficient (Wildman–Crippen LogP) is 1.79. The lowest BCUT2D eigenvalue weighted by atomic mass is 9.68. The third-order valence-corrected chi connectivity index (χ3v) is 5.19. The van der Waals surface area contributed by atoms with Gasteiger partial charge in [0, 0.05) is 17.8 Å². The quantitative estimate of drug-likeness (QED) is 0.682. The Morgan fingerprint density at radius 1 is 1.19 bits per heavy atom. The molecule has 0 saturated heterocycles. The summed E-state index contributed by atoms with van der Waals surface area (Å²) in [6.45, 7) is 5.45. The maximum Gasteiger partial charge on any atom is 0.339 e. The van der Waals surface area contributed by atoms with Gasteiger partial charge >= 0.3 is 11.9 Å². The Kier molecular flexibility index (Phi) is 6.02. The van der Waals surface area contributed by atoms with Crippen molar-refractivity contribution in [1.29, 1.82) is 5.26 Å². The molecule has 0 bridgehead atoms. The molecule has 31 heavy (non-hydrogen) atoms. The SMILES string of the molecule is CCOC(=O)CC1=C(C(=O)OCC)[C@@]2(C(=O)N(CC)c3ccccc32)C(C#N)=C(N)O1. The Morgan fingerprint density at radius 3 is 2.48 bits per heavy atom. The van der Waals surface area contributed by atoms with Gasteiger partial charge in [-0.05, 0) is 26.8 Å². The van der Waals surface area contributed by atoms with E-state index in [9.17, 15) is 19.6 Å². The van der Waals surface area contributed by atoms with E-state index in [1.807, 2.05) is 6.07 Å². The van der Waals surface area contributed by atoms with Crippen LogP contribution in [0.15, 0.2) is 47.1 Å². The van der Waals surface area contributed by atoms with Crippen molar-refractivity contribution in [2.24, 2.45) is 5.73 Å². The van der Waals surface area contributed by atoms with E-state index in [1.54, 1.807) is 45.0 Å². The van der Waals surface area contributed by atoms with Crippen molar-refractivity contribution in [2.75, 3.05) is 24.7 Å². The normalized spacial score (nSPS) is 19.8. The molecule has 1 aromatic carbocycles. The highest BCUT2D eigenvalue weighted by Crippen LogP contribution is 2.54. The van der Waals surface area contributed by atoms with Gasteiger partial charge in [-0.1, -0.05) is 18.2 Å². The summed E-state index contributed by atoms with van der Waals surface area (Å²) in [6.07, 6.45) is -0.454. The lowest BCUT2D eigenvalue weighted by molar-refractivity contribution is -0.143. The van der Waals surface area contributed by atoms with Gasteiger partial charge < -0.3 is 24.8 Å². The molecule has 1 aromatic rings. The zero-order chi connectivity index (χ0) is 22.8. The highest BCUT2D eigenvalue weighted by atomic mass is 16.5. The molecule has 2 aliphatic heterocycles. The number of fused-ring (bicyclic) bond motifs is 2. The molecule has 162 valence electrons. The van der Waals surface area contributed by atoms with Crippen LogP contribution in [-0.4, -0.2) is 37.6 Å². The second-order valence-electron chi connectivity index (χ2n) is 6.77. The van der Waals surface area contributed by atoms with Gasteiger partial charge in [-0.25, -0.2) is 4.79 Å². The number of likely N-dealkylation sites (N-methyl/N-ethyl adjacent to an activating group) is 1. The Labute approximate surface area is 179 Å². The number of esters is 2. The maximum absolute atomic E-state index is 13.8. The fraction of sp³-hybridized carbons (Fsp3) is 0.364. The third-order valence-electron chi connectivity index (χ3n) is 5.19. The zero-order valence-electron chi connectivity index (χ0n) is 17.6. The molecule has 2 N–H and O–H groups in total. The number of ether oxygens (including phenoxy) is 3. The summed E-state index contributed by atoms with van der Waals surface area (Å²) < 4.78 is 15.8. The van der Waals surface area contributed by atoms with Gasteiger partial charge in [0.05, 0.1) is 13.2 Å². The molecule has 2 heterocycles. The Balaban J connectivity index is 2.39. The van der Waals surface area contributed by atoms with Crippen molar-refractivity contribution in [3.63, 3.8) is 0 Å². The summed E-state index contributed by atoms with van der Waals surface area (Å²) >= 11 is 0. The van der Waals surface area contributed by atoms with Crippen molar-refractivity contribution >= 4 is 23.5 Å². The van der Waals surface area contributed by atoms with Crippen LogP contribution < -0.4 is 10.6 Å². The van der Waals surface area contributed by atoms with Crippen LogP contribution in [0.1, 0.15) is 32.8 Å². The van der Waals surface area contributed by atoms with Crippen LogP contribution in [0, 0.1) is 11.3 Å². The maximum atomic E-state index is 13.8. The van der Waals surface area contributed by atoms with Crippen molar-refractivity contribution in [1.82, 2.24) is 0 Å². The number of nitrogens with two attached hydrogens (primary N) is 1. The van der Waals surface area contributed by atoms with E-state index < -0.39 is 29.7 Å². The third kappa shape index (κ3) is 3.20. The van der Waals surface area contributed by atoms with E-state index in [4.69, 9.17) is 19.9 Å². The molecule has 0 fully saturated rings. The van der Waals surface area contributed by atoms with Crippen LogP contribution in [0.2, 0.25) is 0 Å². The Bertz CT molecular complexity index is 1050. The minimum absolute atomic E-state index is 0.0134. The fourth-order valence-corrected chi connectivity index (χ4v) is 4.08. The molecule has 9 heteroatoms. The van der Waals surface area contributed by atoms with E-state index in [0.717, 1.165) is 0 Å². The Hall–Kier alpha value is -3.80. The number of para-hydroxylation sites is 1. The van der Waals surface area contributed by atoms with Crippen LogP contribution in [0.25, 0.3) is 0 Å². The van der Waals surface area contributed by atoms with E-state index in [1.165, 1.54) is 4.90 Å². The molecule has 9 nitrogen and oxygen atoms in total. The number of anilines is 1. The van der Waals surface area contributed by atoms with E-state index in [0.29, 0.717) is 17.8 Å². The molecule has 0 unspecified atom stereocenters. The van der Waals surface area contributed by atoms with Crippen molar-refractivity contribution in [3.05, 3.63) is 52.6 Å². The lowest BCUT2D eigenvalue weighted by Crippen LogP contribution is -2.48. The topological polar surface area (TPSA) is 132 Å². The van der Waals surface area contributed by atoms with Crippen LogP contribution in [0.4, 0.5) is 5.69 Å². The number of nitriles is 1. The van der Waals surface area contributed by atoms with E-state index in [2.05, 4.69) is 0 Å².